The van der Waals surface area contributed by atoms with E-state index in [9.17, 15) is 4.79 Å². The van der Waals surface area contributed by atoms with Crippen LogP contribution in [0.3, 0.4) is 0 Å². The smallest absolute Gasteiger partial charge is 0.253 e. The Bertz CT molecular complexity index is 734. The van der Waals surface area contributed by atoms with Crippen LogP contribution in [0.2, 0.25) is 0 Å². The summed E-state index contributed by atoms with van der Waals surface area (Å²) >= 11 is 0. The standard InChI is InChI=1S/C20H25N3O2/c1-15-11-21-23(12-15)18-3-2-10-22(13-18)20(24)17-6-8-19(9-7-17)25-14-16-4-5-16/h6-9,11-12,16,18H,2-5,10,13-14H2,1H3/t18-/m1/s1. The molecule has 1 aromatic heterocycles. The number of carbonyl (C=O) groups is 1. The molecule has 0 unspecified atom stereocenters. The van der Waals surface area contributed by atoms with Crippen molar-refractivity contribution in [2.75, 3.05) is 19.7 Å². The van der Waals surface area contributed by atoms with Crippen molar-refractivity contribution in [1.82, 2.24) is 14.7 Å². The van der Waals surface area contributed by atoms with Gasteiger partial charge in [-0.3, -0.25) is 9.48 Å². The second-order valence-corrected chi connectivity index (χ2v) is 7.32. The van der Waals surface area contributed by atoms with Gasteiger partial charge in [-0.15, -0.1) is 0 Å². The van der Waals surface area contributed by atoms with Crippen molar-refractivity contribution >= 4 is 5.91 Å². The zero-order chi connectivity index (χ0) is 17.2. The summed E-state index contributed by atoms with van der Waals surface area (Å²) in [6, 6.07) is 7.85. The van der Waals surface area contributed by atoms with E-state index in [2.05, 4.69) is 11.3 Å². The van der Waals surface area contributed by atoms with Gasteiger partial charge in [0.05, 0.1) is 18.8 Å². The van der Waals surface area contributed by atoms with E-state index in [0.717, 1.165) is 55.3 Å². The number of piperidine rings is 1. The Labute approximate surface area is 148 Å². The fourth-order valence-electron chi connectivity index (χ4n) is 3.36. The summed E-state index contributed by atoms with van der Waals surface area (Å²) in [5.41, 5.74) is 1.89. The first kappa shape index (κ1) is 16.2. The van der Waals surface area contributed by atoms with Crippen molar-refractivity contribution in [1.29, 1.82) is 0 Å². The first-order chi connectivity index (χ1) is 12.2. The van der Waals surface area contributed by atoms with Crippen LogP contribution in [0.4, 0.5) is 0 Å². The average Bonchev–Trinajstić information content (AvgIpc) is 3.39. The third kappa shape index (κ3) is 3.86. The molecule has 5 heteroatoms. The van der Waals surface area contributed by atoms with Crippen LogP contribution in [0.1, 0.15) is 47.6 Å². The molecule has 4 rings (SSSR count). The second-order valence-electron chi connectivity index (χ2n) is 7.32. The molecule has 2 aromatic rings. The lowest BCUT2D eigenvalue weighted by Crippen LogP contribution is -2.40. The lowest BCUT2D eigenvalue weighted by atomic mass is 10.0. The van der Waals surface area contributed by atoms with E-state index in [1.807, 2.05) is 47.0 Å². The van der Waals surface area contributed by atoms with Crippen LogP contribution in [-0.2, 0) is 0 Å². The van der Waals surface area contributed by atoms with Gasteiger partial charge < -0.3 is 9.64 Å². The molecule has 2 heterocycles. The van der Waals surface area contributed by atoms with E-state index in [1.165, 1.54) is 12.8 Å². The van der Waals surface area contributed by atoms with Crippen molar-refractivity contribution in [3.05, 3.63) is 47.8 Å². The summed E-state index contributed by atoms with van der Waals surface area (Å²) in [6.45, 7) is 4.38. The Balaban J connectivity index is 1.39. The van der Waals surface area contributed by atoms with E-state index >= 15 is 0 Å². The normalized spacial score (nSPS) is 20.5. The van der Waals surface area contributed by atoms with Gasteiger partial charge in [-0.1, -0.05) is 0 Å². The van der Waals surface area contributed by atoms with Gasteiger partial charge in [0, 0.05) is 24.8 Å². The molecular weight excluding hydrogens is 314 g/mol. The van der Waals surface area contributed by atoms with Crippen molar-refractivity contribution in [3.63, 3.8) is 0 Å². The van der Waals surface area contributed by atoms with E-state index < -0.39 is 0 Å². The highest BCUT2D eigenvalue weighted by Gasteiger charge is 2.26. The van der Waals surface area contributed by atoms with Crippen molar-refractivity contribution < 1.29 is 9.53 Å². The Morgan fingerprint density at radius 3 is 2.72 bits per heavy atom. The molecule has 0 spiro atoms. The summed E-state index contributed by atoms with van der Waals surface area (Å²) in [6.07, 6.45) is 8.58. The molecule has 2 fully saturated rings. The van der Waals surface area contributed by atoms with Gasteiger partial charge in [0.1, 0.15) is 5.75 Å². The molecule has 0 bridgehead atoms. The summed E-state index contributed by atoms with van der Waals surface area (Å²) in [4.78, 5) is 14.8. The minimum atomic E-state index is 0.0994. The zero-order valence-corrected chi connectivity index (χ0v) is 14.7. The first-order valence-corrected chi connectivity index (χ1v) is 9.22. The summed E-state index contributed by atoms with van der Waals surface area (Å²) in [5.74, 6) is 1.69. The molecule has 5 nitrogen and oxygen atoms in total. The van der Waals surface area contributed by atoms with Gasteiger partial charge in [-0.05, 0) is 68.4 Å². The molecule has 1 atom stereocenters. The van der Waals surface area contributed by atoms with Crippen LogP contribution in [-0.4, -0.2) is 40.3 Å². The fraction of sp³-hybridized carbons (Fsp3) is 0.500. The first-order valence-electron chi connectivity index (χ1n) is 9.22. The maximum atomic E-state index is 12.8. The Hall–Kier alpha value is -2.30. The number of hydrogen-bond acceptors (Lipinski definition) is 3. The quantitative estimate of drug-likeness (QED) is 0.838. The Kier molecular flexibility index (Phi) is 4.47. The number of hydrogen-bond donors (Lipinski definition) is 0. The predicted octanol–water partition coefficient (Wildman–Crippen LogP) is 3.46. The number of aryl methyl sites for hydroxylation is 1. The van der Waals surface area contributed by atoms with Gasteiger partial charge in [-0.2, -0.15) is 5.10 Å². The number of likely N-dealkylation sites (tertiary alicyclic amines) is 1. The second kappa shape index (κ2) is 6.90. The number of carbonyl (C=O) groups excluding carboxylic acids is 1. The van der Waals surface area contributed by atoms with Crippen LogP contribution >= 0.6 is 0 Å². The highest BCUT2D eigenvalue weighted by molar-refractivity contribution is 5.94. The number of nitrogens with zero attached hydrogens (tertiary/aromatic N) is 3. The number of aromatic nitrogens is 2. The van der Waals surface area contributed by atoms with Gasteiger partial charge in [-0.25, -0.2) is 0 Å². The molecule has 1 saturated heterocycles. The highest BCUT2D eigenvalue weighted by atomic mass is 16.5. The molecule has 1 amide bonds. The highest BCUT2D eigenvalue weighted by Crippen LogP contribution is 2.29. The molecule has 2 aliphatic rings. The molecule has 1 saturated carbocycles. The largest absolute Gasteiger partial charge is 0.493 e. The molecule has 0 radical (unpaired) electrons. The maximum absolute atomic E-state index is 12.8. The van der Waals surface area contributed by atoms with Gasteiger partial charge in [0.25, 0.3) is 5.91 Å². The lowest BCUT2D eigenvalue weighted by Gasteiger charge is -2.33. The third-order valence-corrected chi connectivity index (χ3v) is 5.07. The van der Waals surface area contributed by atoms with Gasteiger partial charge >= 0.3 is 0 Å². The fourth-order valence-corrected chi connectivity index (χ4v) is 3.36. The average molecular weight is 339 g/mol. The molecular formula is C20H25N3O2. The monoisotopic (exact) mass is 339 g/mol. The summed E-state index contributed by atoms with van der Waals surface area (Å²) in [5, 5.41) is 4.42. The van der Waals surface area contributed by atoms with Gasteiger partial charge in [0.2, 0.25) is 0 Å². The Morgan fingerprint density at radius 1 is 1.24 bits per heavy atom. The molecule has 1 aromatic carbocycles. The van der Waals surface area contributed by atoms with Crippen LogP contribution in [0.15, 0.2) is 36.7 Å². The van der Waals surface area contributed by atoms with Crippen LogP contribution in [0.25, 0.3) is 0 Å². The van der Waals surface area contributed by atoms with Crippen molar-refractivity contribution in [2.24, 2.45) is 5.92 Å². The minimum absolute atomic E-state index is 0.0994. The van der Waals surface area contributed by atoms with E-state index in [4.69, 9.17) is 4.74 Å². The summed E-state index contributed by atoms with van der Waals surface area (Å²) in [7, 11) is 0. The molecule has 1 aliphatic carbocycles. The lowest BCUT2D eigenvalue weighted by molar-refractivity contribution is 0.0673. The number of rotatable bonds is 5. The predicted molar refractivity (Wildman–Crippen MR) is 95.8 cm³/mol. The van der Waals surface area contributed by atoms with Crippen LogP contribution in [0, 0.1) is 12.8 Å². The molecule has 1 aliphatic heterocycles. The summed E-state index contributed by atoms with van der Waals surface area (Å²) < 4.78 is 7.75. The zero-order valence-electron chi connectivity index (χ0n) is 14.7. The van der Waals surface area contributed by atoms with Gasteiger partial charge in [0.15, 0.2) is 0 Å². The molecule has 132 valence electrons. The number of amides is 1. The third-order valence-electron chi connectivity index (χ3n) is 5.07. The SMILES string of the molecule is Cc1cnn([C@@H]2CCCN(C(=O)c3ccc(OCC4CC4)cc3)C2)c1. The maximum Gasteiger partial charge on any atom is 0.253 e. The molecule has 0 N–H and O–H groups in total. The Morgan fingerprint density at radius 2 is 2.04 bits per heavy atom. The van der Waals surface area contributed by atoms with Crippen molar-refractivity contribution in [3.8, 4) is 5.75 Å². The number of ether oxygens (including phenoxy) is 1. The van der Waals surface area contributed by atoms with E-state index in [0.29, 0.717) is 0 Å². The van der Waals surface area contributed by atoms with Crippen LogP contribution in [0.5, 0.6) is 5.75 Å². The number of benzene rings is 1. The topological polar surface area (TPSA) is 47.4 Å². The van der Waals surface area contributed by atoms with Crippen LogP contribution < -0.4 is 4.74 Å². The van der Waals surface area contributed by atoms with Crippen molar-refractivity contribution in [2.45, 2.75) is 38.6 Å². The minimum Gasteiger partial charge on any atom is -0.493 e. The van der Waals surface area contributed by atoms with E-state index in [-0.39, 0.29) is 11.9 Å². The molecule has 25 heavy (non-hydrogen) atoms. The van der Waals surface area contributed by atoms with E-state index in [1.54, 1.807) is 0 Å².